The van der Waals surface area contributed by atoms with Gasteiger partial charge in [0.25, 0.3) is 0 Å². The normalized spacial score (nSPS) is 29.4. The first-order valence-corrected chi connectivity index (χ1v) is 7.03. The minimum atomic E-state index is -0.580. The molecule has 1 atom stereocenters. The molecule has 1 heterocycles. The van der Waals surface area contributed by atoms with Crippen molar-refractivity contribution in [2.24, 2.45) is 5.92 Å². The smallest absolute Gasteiger partial charge is 0.129 e. The van der Waals surface area contributed by atoms with Crippen LogP contribution in [0.3, 0.4) is 0 Å². The molecule has 106 valence electrons. The Balaban J connectivity index is 2.32. The van der Waals surface area contributed by atoms with Gasteiger partial charge in [-0.1, -0.05) is 13.0 Å². The Labute approximate surface area is 115 Å². The molecule has 0 radical (unpaired) electrons. The molecule has 4 heteroatoms. The third kappa shape index (κ3) is 2.60. The van der Waals surface area contributed by atoms with Crippen molar-refractivity contribution in [1.82, 2.24) is 9.88 Å². The number of nitrogens with zero attached hydrogens (tertiary/aromatic N) is 2. The van der Waals surface area contributed by atoms with Gasteiger partial charge >= 0.3 is 0 Å². The number of anilines is 1. The Kier molecular flexibility index (Phi) is 4.11. The Hall–Kier alpha value is -1.13. The molecule has 1 unspecified atom stereocenters. The highest BCUT2D eigenvalue weighted by Gasteiger charge is 2.43. The average molecular weight is 263 g/mol. The fourth-order valence-corrected chi connectivity index (χ4v) is 3.18. The standard InChI is InChI=1S/C15H25N3O/c1-11-6-8-15(9-7-11,18(2)3)13(19)12-5-4-10-17-14(12)16/h4-5,10-11,13,19H,6-9H2,1-3H3,(H2,16,17). The molecule has 0 bridgehead atoms. The zero-order valence-corrected chi connectivity index (χ0v) is 12.1. The Morgan fingerprint density at radius 1 is 1.42 bits per heavy atom. The Morgan fingerprint density at radius 3 is 2.58 bits per heavy atom. The molecule has 1 saturated carbocycles. The molecule has 1 aromatic heterocycles. The minimum Gasteiger partial charge on any atom is -0.386 e. The van der Waals surface area contributed by atoms with E-state index < -0.39 is 6.10 Å². The minimum absolute atomic E-state index is 0.219. The van der Waals surface area contributed by atoms with Crippen LogP contribution in [0.4, 0.5) is 5.82 Å². The van der Waals surface area contributed by atoms with E-state index in [0.717, 1.165) is 37.2 Å². The van der Waals surface area contributed by atoms with Gasteiger partial charge in [0.15, 0.2) is 0 Å². The lowest BCUT2D eigenvalue weighted by Gasteiger charge is -2.47. The molecule has 0 spiro atoms. The lowest BCUT2D eigenvalue weighted by atomic mass is 9.71. The molecular weight excluding hydrogens is 238 g/mol. The molecule has 1 fully saturated rings. The number of rotatable bonds is 3. The molecule has 1 aliphatic carbocycles. The number of aliphatic hydroxyl groups excluding tert-OH is 1. The van der Waals surface area contributed by atoms with Crippen molar-refractivity contribution in [1.29, 1.82) is 0 Å². The predicted molar refractivity (Wildman–Crippen MR) is 77.7 cm³/mol. The average Bonchev–Trinajstić information content (AvgIpc) is 2.39. The molecule has 0 aromatic carbocycles. The second kappa shape index (κ2) is 5.47. The third-order valence-corrected chi connectivity index (χ3v) is 4.71. The van der Waals surface area contributed by atoms with Gasteiger partial charge in [0.2, 0.25) is 0 Å². The third-order valence-electron chi connectivity index (χ3n) is 4.71. The van der Waals surface area contributed by atoms with Crippen LogP contribution in [0.5, 0.6) is 0 Å². The summed E-state index contributed by atoms with van der Waals surface area (Å²) >= 11 is 0. The summed E-state index contributed by atoms with van der Waals surface area (Å²) in [5.41, 5.74) is 6.46. The van der Waals surface area contributed by atoms with Crippen molar-refractivity contribution in [2.75, 3.05) is 19.8 Å². The van der Waals surface area contributed by atoms with Gasteiger partial charge in [-0.15, -0.1) is 0 Å². The first-order chi connectivity index (χ1) is 8.97. The highest BCUT2D eigenvalue weighted by Crippen LogP contribution is 2.44. The SMILES string of the molecule is CC1CCC(C(O)c2cccnc2N)(N(C)C)CC1. The fourth-order valence-electron chi connectivity index (χ4n) is 3.18. The van der Waals surface area contributed by atoms with E-state index in [1.54, 1.807) is 6.20 Å². The van der Waals surface area contributed by atoms with E-state index in [0.29, 0.717) is 5.82 Å². The predicted octanol–water partition coefficient (Wildman–Crippen LogP) is 2.21. The topological polar surface area (TPSA) is 62.4 Å². The highest BCUT2D eigenvalue weighted by atomic mass is 16.3. The van der Waals surface area contributed by atoms with Crippen molar-refractivity contribution in [2.45, 2.75) is 44.2 Å². The maximum atomic E-state index is 10.9. The summed E-state index contributed by atoms with van der Waals surface area (Å²) in [6, 6.07) is 3.72. The molecule has 3 N–H and O–H groups in total. The van der Waals surface area contributed by atoms with Gasteiger partial charge in [-0.05, 0) is 51.8 Å². The first kappa shape index (κ1) is 14.3. The van der Waals surface area contributed by atoms with E-state index >= 15 is 0 Å². The molecule has 19 heavy (non-hydrogen) atoms. The summed E-state index contributed by atoms with van der Waals surface area (Å²) in [6.45, 7) is 2.28. The van der Waals surface area contributed by atoms with Crippen molar-refractivity contribution < 1.29 is 5.11 Å². The van der Waals surface area contributed by atoms with E-state index in [2.05, 4.69) is 16.8 Å². The lowest BCUT2D eigenvalue weighted by molar-refractivity contribution is -0.0405. The quantitative estimate of drug-likeness (QED) is 0.877. The van der Waals surface area contributed by atoms with Crippen LogP contribution < -0.4 is 5.73 Å². The van der Waals surface area contributed by atoms with Crippen LogP contribution >= 0.6 is 0 Å². The molecule has 1 aliphatic rings. The maximum Gasteiger partial charge on any atom is 0.129 e. The van der Waals surface area contributed by atoms with Crippen molar-refractivity contribution in [3.63, 3.8) is 0 Å². The zero-order valence-electron chi connectivity index (χ0n) is 12.1. The fraction of sp³-hybridized carbons (Fsp3) is 0.667. The van der Waals surface area contributed by atoms with Gasteiger partial charge in [0, 0.05) is 11.8 Å². The summed E-state index contributed by atoms with van der Waals surface area (Å²) in [6.07, 6.45) is 5.37. The number of nitrogens with two attached hydrogens (primary N) is 1. The second-order valence-corrected chi connectivity index (χ2v) is 6.06. The zero-order chi connectivity index (χ0) is 14.0. The highest BCUT2D eigenvalue weighted by molar-refractivity contribution is 5.41. The number of likely N-dealkylation sites (N-methyl/N-ethyl adjacent to an activating group) is 1. The maximum absolute atomic E-state index is 10.9. The summed E-state index contributed by atoms with van der Waals surface area (Å²) in [7, 11) is 4.09. The van der Waals surface area contributed by atoms with E-state index in [4.69, 9.17) is 5.73 Å². The van der Waals surface area contributed by atoms with Gasteiger partial charge < -0.3 is 15.7 Å². The van der Waals surface area contributed by atoms with Crippen molar-refractivity contribution in [3.8, 4) is 0 Å². The molecule has 0 aliphatic heterocycles. The van der Waals surface area contributed by atoms with Gasteiger partial charge in [-0.2, -0.15) is 0 Å². The summed E-state index contributed by atoms with van der Waals surface area (Å²) in [5.74, 6) is 1.18. The van der Waals surface area contributed by atoms with Crippen LogP contribution in [0.25, 0.3) is 0 Å². The van der Waals surface area contributed by atoms with E-state index in [1.807, 2.05) is 26.2 Å². The number of hydrogen-bond donors (Lipinski definition) is 2. The number of pyridine rings is 1. The van der Waals surface area contributed by atoms with Gasteiger partial charge in [-0.3, -0.25) is 0 Å². The number of hydrogen-bond acceptors (Lipinski definition) is 4. The molecule has 0 saturated heterocycles. The number of nitrogen functional groups attached to an aromatic ring is 1. The van der Waals surface area contributed by atoms with Crippen molar-refractivity contribution in [3.05, 3.63) is 23.9 Å². The van der Waals surface area contributed by atoms with Gasteiger partial charge in [0.05, 0.1) is 5.54 Å². The van der Waals surface area contributed by atoms with E-state index in [1.165, 1.54) is 0 Å². The van der Waals surface area contributed by atoms with Crippen molar-refractivity contribution >= 4 is 5.82 Å². The lowest BCUT2D eigenvalue weighted by Crippen LogP contribution is -2.51. The van der Waals surface area contributed by atoms with E-state index in [-0.39, 0.29) is 5.54 Å². The van der Waals surface area contributed by atoms with Crippen LogP contribution in [-0.2, 0) is 0 Å². The molecule has 2 rings (SSSR count). The van der Waals surface area contributed by atoms with Crippen LogP contribution in [0.2, 0.25) is 0 Å². The number of aliphatic hydroxyl groups is 1. The molecular formula is C15H25N3O. The molecule has 4 nitrogen and oxygen atoms in total. The largest absolute Gasteiger partial charge is 0.386 e. The van der Waals surface area contributed by atoms with Crippen LogP contribution in [-0.4, -0.2) is 34.6 Å². The van der Waals surface area contributed by atoms with Gasteiger partial charge in [-0.25, -0.2) is 4.98 Å². The van der Waals surface area contributed by atoms with Gasteiger partial charge in [0.1, 0.15) is 11.9 Å². The monoisotopic (exact) mass is 263 g/mol. The second-order valence-electron chi connectivity index (χ2n) is 6.06. The summed E-state index contributed by atoms with van der Waals surface area (Å²) < 4.78 is 0. The molecule has 1 aromatic rings. The summed E-state index contributed by atoms with van der Waals surface area (Å²) in [5, 5.41) is 10.9. The number of aromatic nitrogens is 1. The van der Waals surface area contributed by atoms with Crippen LogP contribution in [0.15, 0.2) is 18.3 Å². The summed E-state index contributed by atoms with van der Waals surface area (Å²) in [4.78, 5) is 6.26. The Morgan fingerprint density at radius 2 is 2.05 bits per heavy atom. The first-order valence-electron chi connectivity index (χ1n) is 7.03. The Bertz CT molecular complexity index is 425. The van der Waals surface area contributed by atoms with Crippen LogP contribution in [0, 0.1) is 5.92 Å². The van der Waals surface area contributed by atoms with E-state index in [9.17, 15) is 5.11 Å². The molecule has 0 amide bonds. The van der Waals surface area contributed by atoms with Crippen LogP contribution in [0.1, 0.15) is 44.3 Å².